The fourth-order valence-electron chi connectivity index (χ4n) is 5.35. The number of aliphatic imine (C=N–C) groups is 1. The Kier molecular flexibility index (Phi) is 9.11. The molecule has 2 unspecified atom stereocenters. The van der Waals surface area contributed by atoms with Gasteiger partial charge in [-0.05, 0) is 97.0 Å². The Morgan fingerprint density at radius 1 is 1.19 bits per heavy atom. The minimum Gasteiger partial charge on any atom is -0.305 e. The van der Waals surface area contributed by atoms with Gasteiger partial charge in [0.1, 0.15) is 0 Å². The van der Waals surface area contributed by atoms with Crippen molar-refractivity contribution in [1.29, 1.82) is 0 Å². The van der Waals surface area contributed by atoms with Crippen LogP contribution >= 0.6 is 0 Å². The first kappa shape index (κ1) is 26.3. The lowest BCUT2D eigenvalue weighted by molar-refractivity contribution is 0.155. The second-order valence-corrected chi connectivity index (χ2v) is 10.4. The van der Waals surface area contributed by atoms with Crippen LogP contribution in [0.2, 0.25) is 0 Å². The van der Waals surface area contributed by atoms with E-state index in [9.17, 15) is 0 Å². The van der Waals surface area contributed by atoms with Crippen molar-refractivity contribution in [2.45, 2.75) is 78.9 Å². The molecule has 5 heteroatoms. The molecule has 1 aromatic heterocycles. The number of nitrogens with one attached hydrogen (secondary N) is 1. The van der Waals surface area contributed by atoms with Gasteiger partial charge in [-0.3, -0.25) is 9.89 Å². The number of piperidine rings is 1. The molecule has 2 aliphatic rings. The van der Waals surface area contributed by atoms with E-state index in [0.717, 1.165) is 43.9 Å². The predicted octanol–water partition coefficient (Wildman–Crippen LogP) is 6.40. The molecule has 2 aromatic rings. The highest BCUT2D eigenvalue weighted by molar-refractivity contribution is 5.89. The van der Waals surface area contributed by atoms with Gasteiger partial charge in [0.2, 0.25) is 0 Å². The summed E-state index contributed by atoms with van der Waals surface area (Å²) in [6.07, 6.45) is 17.6. The SMILES string of the molecule is C/C=C/C=C\C(NCc1cc2n(n1)C=CCC2)C1CCN(C(C)C(C)=Nc2ccc(C)cc2C)CC1. The molecule has 1 N–H and O–H groups in total. The third-order valence-corrected chi connectivity index (χ3v) is 7.70. The van der Waals surface area contributed by atoms with Gasteiger partial charge >= 0.3 is 0 Å². The van der Waals surface area contributed by atoms with Gasteiger partial charge in [-0.15, -0.1) is 0 Å². The molecule has 2 atom stereocenters. The fourth-order valence-corrected chi connectivity index (χ4v) is 5.35. The second-order valence-electron chi connectivity index (χ2n) is 10.4. The van der Waals surface area contributed by atoms with Crippen LogP contribution < -0.4 is 5.32 Å². The van der Waals surface area contributed by atoms with Gasteiger partial charge in [0.25, 0.3) is 0 Å². The van der Waals surface area contributed by atoms with E-state index < -0.39 is 0 Å². The average molecular weight is 486 g/mol. The number of hydrogen-bond acceptors (Lipinski definition) is 4. The summed E-state index contributed by atoms with van der Waals surface area (Å²) in [7, 11) is 0. The van der Waals surface area contributed by atoms with E-state index in [-0.39, 0.29) is 0 Å². The number of benzene rings is 1. The summed E-state index contributed by atoms with van der Waals surface area (Å²) in [6.45, 7) is 13.8. The molecule has 3 heterocycles. The maximum atomic E-state index is 5.00. The first-order chi connectivity index (χ1) is 17.4. The normalized spacial score (nSPS) is 19.3. The molecule has 2 aliphatic heterocycles. The smallest absolute Gasteiger partial charge is 0.0769 e. The molecule has 36 heavy (non-hydrogen) atoms. The monoisotopic (exact) mass is 485 g/mol. The fraction of sp³-hybridized carbons (Fsp3) is 0.484. The van der Waals surface area contributed by atoms with Crippen molar-refractivity contribution in [2.24, 2.45) is 10.9 Å². The van der Waals surface area contributed by atoms with Gasteiger partial charge in [0.05, 0.1) is 11.4 Å². The van der Waals surface area contributed by atoms with Gasteiger partial charge in [-0.1, -0.05) is 48.1 Å². The molecule has 0 amide bonds. The zero-order valence-corrected chi connectivity index (χ0v) is 22.7. The Morgan fingerprint density at radius 2 is 2.00 bits per heavy atom. The summed E-state index contributed by atoms with van der Waals surface area (Å²) in [6, 6.07) is 9.46. The van der Waals surface area contributed by atoms with Gasteiger partial charge < -0.3 is 5.32 Å². The van der Waals surface area contributed by atoms with E-state index in [1.807, 2.05) is 4.68 Å². The number of fused-ring (bicyclic) bond motifs is 1. The van der Waals surface area contributed by atoms with Crippen molar-refractivity contribution < 1.29 is 0 Å². The molecule has 1 saturated heterocycles. The topological polar surface area (TPSA) is 45.5 Å². The highest BCUT2D eigenvalue weighted by atomic mass is 15.3. The third-order valence-electron chi connectivity index (χ3n) is 7.70. The Morgan fingerprint density at radius 3 is 2.72 bits per heavy atom. The number of rotatable bonds is 9. The molecule has 1 aromatic carbocycles. The third kappa shape index (κ3) is 6.71. The molecule has 0 bridgehead atoms. The van der Waals surface area contributed by atoms with Crippen molar-refractivity contribution >= 4 is 17.6 Å². The lowest BCUT2D eigenvalue weighted by atomic mass is 9.88. The Hall–Kier alpha value is -2.76. The van der Waals surface area contributed by atoms with Crippen molar-refractivity contribution in [1.82, 2.24) is 20.0 Å². The van der Waals surface area contributed by atoms with E-state index in [2.05, 4.69) is 106 Å². The van der Waals surface area contributed by atoms with Crippen LogP contribution in [0.3, 0.4) is 0 Å². The standard InChI is InChI=1S/C31H43N5/c1-6-7-8-12-31(32-22-28-21-29-11-9-10-17-36(29)34-28)27-15-18-35(19-16-27)26(5)25(4)33-30-14-13-23(2)20-24(30)3/h6-8,10,12-14,17,20-21,26-27,31-32H,9,11,15-16,18-19,22H2,1-5H3/b7-6+,12-8-,33-25?. The number of allylic oxidation sites excluding steroid dienone is 4. The van der Waals surface area contributed by atoms with E-state index in [4.69, 9.17) is 10.1 Å². The summed E-state index contributed by atoms with van der Waals surface area (Å²) >= 11 is 0. The number of likely N-dealkylation sites (tertiary alicyclic amines) is 1. The number of nitrogens with zero attached hydrogens (tertiary/aromatic N) is 4. The minimum absolute atomic E-state index is 0.345. The van der Waals surface area contributed by atoms with Crippen molar-refractivity contribution in [2.75, 3.05) is 13.1 Å². The number of aryl methyl sites for hydroxylation is 3. The highest BCUT2D eigenvalue weighted by Crippen LogP contribution is 2.25. The number of aromatic nitrogens is 2. The van der Waals surface area contributed by atoms with Crippen molar-refractivity contribution in [3.8, 4) is 0 Å². The maximum Gasteiger partial charge on any atom is 0.0769 e. The Balaban J connectivity index is 1.36. The highest BCUT2D eigenvalue weighted by Gasteiger charge is 2.28. The summed E-state index contributed by atoms with van der Waals surface area (Å²) in [4.78, 5) is 7.60. The van der Waals surface area contributed by atoms with Crippen LogP contribution in [-0.2, 0) is 13.0 Å². The van der Waals surface area contributed by atoms with Gasteiger partial charge in [0, 0.05) is 36.2 Å². The zero-order valence-electron chi connectivity index (χ0n) is 22.7. The van der Waals surface area contributed by atoms with E-state index in [0.29, 0.717) is 18.0 Å². The largest absolute Gasteiger partial charge is 0.305 e. The van der Waals surface area contributed by atoms with E-state index in [1.165, 1.54) is 35.4 Å². The molecule has 0 radical (unpaired) electrons. The minimum atomic E-state index is 0.345. The zero-order chi connectivity index (χ0) is 25.5. The molecule has 0 spiro atoms. The molecule has 5 nitrogen and oxygen atoms in total. The molecule has 4 rings (SSSR count). The van der Waals surface area contributed by atoms with Crippen LogP contribution in [0.4, 0.5) is 5.69 Å². The van der Waals surface area contributed by atoms with E-state index >= 15 is 0 Å². The number of hydrogen-bond donors (Lipinski definition) is 1. The van der Waals surface area contributed by atoms with Crippen LogP contribution in [0.1, 0.15) is 62.5 Å². The Bertz CT molecular complexity index is 1130. The quantitative estimate of drug-likeness (QED) is 0.330. The van der Waals surface area contributed by atoms with Crippen LogP contribution in [0.25, 0.3) is 6.20 Å². The average Bonchev–Trinajstić information content (AvgIpc) is 3.30. The first-order valence-electron chi connectivity index (χ1n) is 13.6. The van der Waals surface area contributed by atoms with Gasteiger partial charge in [-0.2, -0.15) is 5.10 Å². The van der Waals surface area contributed by atoms with Crippen molar-refractivity contribution in [3.63, 3.8) is 0 Å². The molecular weight excluding hydrogens is 442 g/mol. The second kappa shape index (κ2) is 12.5. The Labute approximate surface area is 217 Å². The van der Waals surface area contributed by atoms with E-state index in [1.54, 1.807) is 0 Å². The summed E-state index contributed by atoms with van der Waals surface area (Å²) in [5.74, 6) is 0.615. The summed E-state index contributed by atoms with van der Waals surface area (Å²) < 4.78 is 2.03. The molecule has 0 aliphatic carbocycles. The van der Waals surface area contributed by atoms with Gasteiger partial charge in [-0.25, -0.2) is 4.68 Å². The lowest BCUT2D eigenvalue weighted by Gasteiger charge is -2.38. The van der Waals surface area contributed by atoms with Crippen LogP contribution in [0.15, 0.2) is 59.6 Å². The molecule has 1 fully saturated rings. The summed E-state index contributed by atoms with van der Waals surface area (Å²) in [5.41, 5.74) is 7.27. The maximum absolute atomic E-state index is 5.00. The molecule has 192 valence electrons. The van der Waals surface area contributed by atoms with Crippen LogP contribution in [-0.4, -0.2) is 45.6 Å². The first-order valence-corrected chi connectivity index (χ1v) is 13.6. The van der Waals surface area contributed by atoms with Crippen LogP contribution in [0.5, 0.6) is 0 Å². The molecular formula is C31H43N5. The predicted molar refractivity (Wildman–Crippen MR) is 153 cm³/mol. The van der Waals surface area contributed by atoms with Gasteiger partial charge in [0.15, 0.2) is 0 Å². The lowest BCUT2D eigenvalue weighted by Crippen LogP contribution is -2.47. The van der Waals surface area contributed by atoms with Crippen molar-refractivity contribution in [3.05, 3.63) is 77.2 Å². The summed E-state index contributed by atoms with van der Waals surface area (Å²) in [5, 5.41) is 8.59. The molecule has 0 saturated carbocycles. The van der Waals surface area contributed by atoms with Crippen LogP contribution in [0, 0.1) is 19.8 Å².